The van der Waals surface area contributed by atoms with Crippen molar-refractivity contribution in [1.29, 1.82) is 0 Å². The normalized spacial score (nSPS) is 16.1. The van der Waals surface area contributed by atoms with Crippen LogP contribution in [0.1, 0.15) is 38.3 Å². The van der Waals surface area contributed by atoms with Crippen molar-refractivity contribution in [3.63, 3.8) is 0 Å². The van der Waals surface area contributed by atoms with Crippen LogP contribution in [0.5, 0.6) is 0 Å². The van der Waals surface area contributed by atoms with Gasteiger partial charge < -0.3 is 9.64 Å². The zero-order valence-corrected chi connectivity index (χ0v) is 14.0. The standard InChI is InChI=1S/C18H26N2O3/c1-3-19(4-2)16(21)14-23-18(22)17(20-12-8-9-13-20)15-10-6-5-7-11-15/h5-7,10-11,17H,3-4,8-9,12-14H2,1-2H3/t17-/m1/s1. The van der Waals surface area contributed by atoms with E-state index in [-0.39, 0.29) is 18.5 Å². The molecule has 1 aromatic rings. The second-order valence-corrected chi connectivity index (χ2v) is 5.73. The van der Waals surface area contributed by atoms with Gasteiger partial charge in [0.25, 0.3) is 5.91 Å². The van der Waals surface area contributed by atoms with Gasteiger partial charge in [0.05, 0.1) is 0 Å². The highest BCUT2D eigenvalue weighted by Gasteiger charge is 2.31. The molecule has 0 unspecified atom stereocenters. The summed E-state index contributed by atoms with van der Waals surface area (Å²) in [5.74, 6) is -0.477. The molecule has 1 amide bonds. The monoisotopic (exact) mass is 318 g/mol. The maximum atomic E-state index is 12.6. The number of carbonyl (C=O) groups excluding carboxylic acids is 2. The van der Waals surface area contributed by atoms with Gasteiger partial charge in [-0.2, -0.15) is 0 Å². The number of nitrogens with zero attached hydrogens (tertiary/aromatic N) is 2. The van der Waals surface area contributed by atoms with Crippen molar-refractivity contribution < 1.29 is 14.3 Å². The third-order valence-corrected chi connectivity index (χ3v) is 4.30. The molecule has 1 atom stereocenters. The average molecular weight is 318 g/mol. The van der Waals surface area contributed by atoms with Crippen molar-refractivity contribution >= 4 is 11.9 Å². The van der Waals surface area contributed by atoms with Gasteiger partial charge in [-0.15, -0.1) is 0 Å². The molecule has 1 aliphatic rings. The second-order valence-electron chi connectivity index (χ2n) is 5.73. The highest BCUT2D eigenvalue weighted by atomic mass is 16.5. The number of likely N-dealkylation sites (tertiary alicyclic amines) is 1. The van der Waals surface area contributed by atoms with E-state index < -0.39 is 6.04 Å². The summed E-state index contributed by atoms with van der Waals surface area (Å²) < 4.78 is 5.35. The van der Waals surface area contributed by atoms with Gasteiger partial charge in [0.1, 0.15) is 6.04 Å². The van der Waals surface area contributed by atoms with E-state index in [4.69, 9.17) is 4.74 Å². The minimum atomic E-state index is -0.414. The predicted octanol–water partition coefficient (Wildman–Crippen LogP) is 2.24. The van der Waals surface area contributed by atoms with Crippen LogP contribution in [0.3, 0.4) is 0 Å². The maximum absolute atomic E-state index is 12.6. The molecule has 1 fully saturated rings. The van der Waals surface area contributed by atoms with E-state index in [1.807, 2.05) is 44.2 Å². The largest absolute Gasteiger partial charge is 0.454 e. The van der Waals surface area contributed by atoms with Gasteiger partial charge in [-0.1, -0.05) is 30.3 Å². The highest BCUT2D eigenvalue weighted by Crippen LogP contribution is 2.26. The lowest BCUT2D eigenvalue weighted by atomic mass is 10.1. The number of esters is 1. The van der Waals surface area contributed by atoms with Crippen molar-refractivity contribution in [1.82, 2.24) is 9.80 Å². The van der Waals surface area contributed by atoms with Crippen molar-refractivity contribution in [2.75, 3.05) is 32.8 Å². The zero-order chi connectivity index (χ0) is 16.7. The predicted molar refractivity (Wildman–Crippen MR) is 88.9 cm³/mol. The summed E-state index contributed by atoms with van der Waals surface area (Å²) in [6.07, 6.45) is 2.18. The molecule has 0 bridgehead atoms. The summed E-state index contributed by atoms with van der Waals surface area (Å²) in [5, 5.41) is 0. The smallest absolute Gasteiger partial charge is 0.328 e. The molecule has 23 heavy (non-hydrogen) atoms. The van der Waals surface area contributed by atoms with E-state index in [0.717, 1.165) is 31.5 Å². The molecule has 0 aromatic heterocycles. The number of ether oxygens (including phenoxy) is 1. The van der Waals surface area contributed by atoms with Gasteiger partial charge in [0.15, 0.2) is 6.61 Å². The van der Waals surface area contributed by atoms with Crippen LogP contribution in [0.25, 0.3) is 0 Å². The molecule has 1 aromatic carbocycles. The molecule has 5 heteroatoms. The van der Waals surface area contributed by atoms with E-state index in [0.29, 0.717) is 13.1 Å². The van der Waals surface area contributed by atoms with E-state index >= 15 is 0 Å². The topological polar surface area (TPSA) is 49.9 Å². The molecule has 1 saturated heterocycles. The summed E-state index contributed by atoms with van der Waals surface area (Å²) in [7, 11) is 0. The first-order chi connectivity index (χ1) is 11.2. The Bertz CT molecular complexity index is 508. The number of hydrogen-bond acceptors (Lipinski definition) is 4. The Morgan fingerprint density at radius 1 is 1.13 bits per heavy atom. The van der Waals surface area contributed by atoms with Crippen molar-refractivity contribution in [3.05, 3.63) is 35.9 Å². The summed E-state index contributed by atoms with van der Waals surface area (Å²) in [6, 6.07) is 9.25. The van der Waals surface area contributed by atoms with Crippen LogP contribution in [-0.4, -0.2) is 54.5 Å². The van der Waals surface area contributed by atoms with Crippen LogP contribution in [0.4, 0.5) is 0 Å². The molecule has 0 radical (unpaired) electrons. The van der Waals surface area contributed by atoms with Crippen LogP contribution in [-0.2, 0) is 14.3 Å². The number of amides is 1. The second kappa shape index (κ2) is 8.67. The van der Waals surface area contributed by atoms with E-state index in [1.54, 1.807) is 4.90 Å². The number of rotatable bonds is 7. The van der Waals surface area contributed by atoms with Gasteiger partial charge in [-0.25, -0.2) is 4.79 Å². The Balaban J connectivity index is 2.04. The summed E-state index contributed by atoms with van der Waals surface area (Å²) in [4.78, 5) is 28.4. The fourth-order valence-electron chi connectivity index (χ4n) is 3.01. The fourth-order valence-corrected chi connectivity index (χ4v) is 3.01. The van der Waals surface area contributed by atoms with Crippen molar-refractivity contribution in [2.45, 2.75) is 32.7 Å². The van der Waals surface area contributed by atoms with E-state index in [9.17, 15) is 9.59 Å². The van der Waals surface area contributed by atoms with Crippen LogP contribution in [0.2, 0.25) is 0 Å². The lowest BCUT2D eigenvalue weighted by molar-refractivity contribution is -0.156. The lowest BCUT2D eigenvalue weighted by Gasteiger charge is -2.26. The molecule has 0 saturated carbocycles. The highest BCUT2D eigenvalue weighted by molar-refractivity contribution is 5.83. The molecule has 0 N–H and O–H groups in total. The Kier molecular flexibility index (Phi) is 6.59. The van der Waals surface area contributed by atoms with Crippen LogP contribution < -0.4 is 0 Å². The quantitative estimate of drug-likeness (QED) is 0.724. The molecular formula is C18H26N2O3. The third-order valence-electron chi connectivity index (χ3n) is 4.30. The molecule has 1 heterocycles. The molecule has 0 aliphatic carbocycles. The van der Waals surface area contributed by atoms with Crippen LogP contribution >= 0.6 is 0 Å². The molecular weight excluding hydrogens is 292 g/mol. The Hall–Kier alpha value is -1.88. The minimum Gasteiger partial charge on any atom is -0.454 e. The zero-order valence-electron chi connectivity index (χ0n) is 14.0. The fraction of sp³-hybridized carbons (Fsp3) is 0.556. The molecule has 2 rings (SSSR count). The van der Waals surface area contributed by atoms with Gasteiger partial charge >= 0.3 is 5.97 Å². The third kappa shape index (κ3) is 4.55. The van der Waals surface area contributed by atoms with Crippen molar-refractivity contribution in [3.8, 4) is 0 Å². The van der Waals surface area contributed by atoms with E-state index in [1.165, 1.54) is 0 Å². The van der Waals surface area contributed by atoms with E-state index in [2.05, 4.69) is 4.90 Å². The summed E-state index contributed by atoms with van der Waals surface area (Å²) in [5.41, 5.74) is 0.926. The first-order valence-corrected chi connectivity index (χ1v) is 8.40. The van der Waals surface area contributed by atoms with Gasteiger partial charge in [-0.05, 0) is 45.3 Å². The maximum Gasteiger partial charge on any atom is 0.328 e. The van der Waals surface area contributed by atoms with Gasteiger partial charge in [0.2, 0.25) is 0 Å². The Morgan fingerprint density at radius 3 is 2.30 bits per heavy atom. The number of carbonyl (C=O) groups is 2. The van der Waals surface area contributed by atoms with Crippen LogP contribution in [0.15, 0.2) is 30.3 Å². The van der Waals surface area contributed by atoms with Crippen LogP contribution in [0, 0.1) is 0 Å². The minimum absolute atomic E-state index is 0.142. The lowest BCUT2D eigenvalue weighted by Crippen LogP contribution is -2.37. The first-order valence-electron chi connectivity index (χ1n) is 8.40. The van der Waals surface area contributed by atoms with Gasteiger partial charge in [-0.3, -0.25) is 9.69 Å². The summed E-state index contributed by atoms with van der Waals surface area (Å²) >= 11 is 0. The Morgan fingerprint density at radius 2 is 1.74 bits per heavy atom. The SMILES string of the molecule is CCN(CC)C(=O)COC(=O)[C@@H](c1ccccc1)N1CCCC1. The average Bonchev–Trinajstić information content (AvgIpc) is 3.09. The van der Waals surface area contributed by atoms with Gasteiger partial charge in [0, 0.05) is 13.1 Å². The number of hydrogen-bond donors (Lipinski definition) is 0. The molecule has 1 aliphatic heterocycles. The molecule has 126 valence electrons. The van der Waals surface area contributed by atoms with Crippen molar-refractivity contribution in [2.24, 2.45) is 0 Å². The number of benzene rings is 1. The number of likely N-dealkylation sites (N-methyl/N-ethyl adjacent to an activating group) is 1. The first kappa shape index (κ1) is 17.5. The summed E-state index contributed by atoms with van der Waals surface area (Å²) in [6.45, 7) is 6.68. The molecule has 0 spiro atoms. The Labute approximate surface area is 138 Å². The molecule has 5 nitrogen and oxygen atoms in total.